The molecular weight excluding hydrogens is 204 g/mol. The van der Waals surface area contributed by atoms with E-state index in [0.717, 1.165) is 10.3 Å². The zero-order valence-electron chi connectivity index (χ0n) is 7.55. The Bertz CT molecular complexity index is 476. The molecule has 0 bridgehead atoms. The number of halogens is 2. The molecule has 2 aromatic rings. The minimum atomic E-state index is -2.49. The van der Waals surface area contributed by atoms with E-state index in [9.17, 15) is 8.78 Å². The average molecular weight is 213 g/mol. The number of thiophene rings is 1. The summed E-state index contributed by atoms with van der Waals surface area (Å²) in [6.45, 7) is 1.93. The first-order valence-corrected chi connectivity index (χ1v) is 4.98. The van der Waals surface area contributed by atoms with Crippen LogP contribution in [-0.4, -0.2) is 0 Å². The van der Waals surface area contributed by atoms with Gasteiger partial charge in [0, 0.05) is 10.1 Å². The summed E-state index contributed by atoms with van der Waals surface area (Å²) in [4.78, 5) is 0. The largest absolute Gasteiger partial charge is 0.390 e. The van der Waals surface area contributed by atoms with Gasteiger partial charge in [-0.15, -0.1) is 11.3 Å². The van der Waals surface area contributed by atoms with Crippen LogP contribution in [0, 0.1) is 6.92 Å². The van der Waals surface area contributed by atoms with Crippen molar-refractivity contribution < 1.29 is 8.78 Å². The van der Waals surface area contributed by atoms with E-state index in [0.29, 0.717) is 5.39 Å². The molecule has 2 rings (SSSR count). The van der Waals surface area contributed by atoms with Gasteiger partial charge in [0.05, 0.1) is 10.6 Å². The Morgan fingerprint density at radius 3 is 2.71 bits per heavy atom. The number of nitrogen functional groups attached to an aromatic ring is 1. The van der Waals surface area contributed by atoms with Crippen molar-refractivity contribution in [3.63, 3.8) is 0 Å². The number of hydrogen-bond acceptors (Lipinski definition) is 2. The van der Waals surface area contributed by atoms with Crippen LogP contribution in [0.1, 0.15) is 17.6 Å². The first-order chi connectivity index (χ1) is 6.59. The van der Waals surface area contributed by atoms with Gasteiger partial charge in [0.25, 0.3) is 6.43 Å². The highest BCUT2D eigenvalue weighted by atomic mass is 32.1. The third kappa shape index (κ3) is 1.35. The fourth-order valence-electron chi connectivity index (χ4n) is 1.47. The summed E-state index contributed by atoms with van der Waals surface area (Å²) in [5.41, 5.74) is 6.57. The molecule has 1 nitrogen and oxygen atoms in total. The molecule has 74 valence electrons. The van der Waals surface area contributed by atoms with Gasteiger partial charge in [-0.1, -0.05) is 12.1 Å². The lowest BCUT2D eigenvalue weighted by molar-refractivity contribution is 0.154. The number of hydrogen-bond donors (Lipinski definition) is 1. The topological polar surface area (TPSA) is 26.0 Å². The van der Waals surface area contributed by atoms with E-state index in [-0.39, 0.29) is 10.6 Å². The highest BCUT2D eigenvalue weighted by Crippen LogP contribution is 2.39. The van der Waals surface area contributed by atoms with Crippen LogP contribution >= 0.6 is 11.3 Å². The summed E-state index contributed by atoms with van der Waals surface area (Å²) in [7, 11) is 0. The molecule has 0 aliphatic heterocycles. The molecule has 0 saturated heterocycles. The Balaban J connectivity index is 2.77. The van der Waals surface area contributed by atoms with Gasteiger partial charge in [-0.05, 0) is 18.6 Å². The van der Waals surface area contributed by atoms with Crippen molar-refractivity contribution in [2.24, 2.45) is 0 Å². The first-order valence-electron chi connectivity index (χ1n) is 4.16. The van der Waals surface area contributed by atoms with E-state index in [1.165, 1.54) is 11.3 Å². The standard InChI is InChI=1S/C10H9F2NS/c1-5-2-3-6-7(4-5)14-10(13)8(6)9(11)12/h2-4,9H,13H2,1H3. The highest BCUT2D eigenvalue weighted by molar-refractivity contribution is 7.22. The van der Waals surface area contributed by atoms with E-state index < -0.39 is 6.43 Å². The van der Waals surface area contributed by atoms with Crippen molar-refractivity contribution in [3.8, 4) is 0 Å². The van der Waals surface area contributed by atoms with E-state index in [4.69, 9.17) is 5.73 Å². The molecule has 14 heavy (non-hydrogen) atoms. The Morgan fingerprint density at radius 2 is 2.07 bits per heavy atom. The molecule has 0 aliphatic rings. The molecule has 2 N–H and O–H groups in total. The van der Waals surface area contributed by atoms with Crippen LogP contribution in [0.3, 0.4) is 0 Å². The predicted molar refractivity (Wildman–Crippen MR) is 55.9 cm³/mol. The van der Waals surface area contributed by atoms with E-state index in [1.54, 1.807) is 6.07 Å². The number of alkyl halides is 2. The molecule has 0 radical (unpaired) electrons. The molecule has 0 fully saturated rings. The zero-order valence-corrected chi connectivity index (χ0v) is 8.37. The Morgan fingerprint density at radius 1 is 1.36 bits per heavy atom. The smallest absolute Gasteiger partial charge is 0.267 e. The van der Waals surface area contributed by atoms with Gasteiger partial charge in [-0.2, -0.15) is 0 Å². The fraction of sp³-hybridized carbons (Fsp3) is 0.200. The molecule has 0 spiro atoms. The lowest BCUT2D eigenvalue weighted by atomic mass is 10.1. The Labute approximate surface area is 84.2 Å². The van der Waals surface area contributed by atoms with Gasteiger partial charge in [0.1, 0.15) is 0 Å². The van der Waals surface area contributed by atoms with Crippen molar-refractivity contribution >= 4 is 26.4 Å². The summed E-state index contributed by atoms with van der Waals surface area (Å²) in [6.07, 6.45) is -2.49. The minimum absolute atomic E-state index is 0.0231. The molecule has 1 heterocycles. The maximum atomic E-state index is 12.6. The maximum absolute atomic E-state index is 12.6. The zero-order chi connectivity index (χ0) is 10.3. The van der Waals surface area contributed by atoms with Crippen LogP contribution in [0.5, 0.6) is 0 Å². The lowest BCUT2D eigenvalue weighted by Gasteiger charge is -1.98. The lowest BCUT2D eigenvalue weighted by Crippen LogP contribution is -1.88. The third-order valence-electron chi connectivity index (χ3n) is 2.13. The van der Waals surface area contributed by atoms with Crippen LogP contribution in [0.25, 0.3) is 10.1 Å². The molecule has 4 heteroatoms. The number of benzene rings is 1. The van der Waals surface area contributed by atoms with Gasteiger partial charge in [-0.3, -0.25) is 0 Å². The number of rotatable bonds is 1. The molecule has 0 atom stereocenters. The van der Waals surface area contributed by atoms with Crippen molar-refractivity contribution in [1.29, 1.82) is 0 Å². The molecule has 0 saturated carbocycles. The molecule has 0 aliphatic carbocycles. The fourth-order valence-corrected chi connectivity index (χ4v) is 2.55. The summed E-state index contributed by atoms with van der Waals surface area (Å²) in [6, 6.07) is 5.40. The van der Waals surface area contributed by atoms with Crippen LogP contribution in [0.2, 0.25) is 0 Å². The number of nitrogens with two attached hydrogens (primary N) is 1. The monoisotopic (exact) mass is 213 g/mol. The van der Waals surface area contributed by atoms with Crippen molar-refractivity contribution in [1.82, 2.24) is 0 Å². The second kappa shape index (κ2) is 3.20. The van der Waals surface area contributed by atoms with Gasteiger partial charge in [0.2, 0.25) is 0 Å². The van der Waals surface area contributed by atoms with Gasteiger partial charge < -0.3 is 5.73 Å². The Kier molecular flexibility index (Phi) is 2.15. The van der Waals surface area contributed by atoms with Crippen LogP contribution in [0.4, 0.5) is 13.8 Å². The molecule has 1 aromatic carbocycles. The van der Waals surface area contributed by atoms with E-state index >= 15 is 0 Å². The van der Waals surface area contributed by atoms with Crippen molar-refractivity contribution in [3.05, 3.63) is 29.3 Å². The molecular formula is C10H9F2NS. The van der Waals surface area contributed by atoms with Crippen LogP contribution in [-0.2, 0) is 0 Å². The van der Waals surface area contributed by atoms with Gasteiger partial charge in [-0.25, -0.2) is 8.78 Å². The second-order valence-electron chi connectivity index (χ2n) is 3.18. The number of aryl methyl sites for hydroxylation is 1. The summed E-state index contributed by atoms with van der Waals surface area (Å²) in [5.74, 6) is 0. The molecule has 1 aromatic heterocycles. The SMILES string of the molecule is Cc1ccc2c(C(F)F)c(N)sc2c1. The predicted octanol–water partition coefficient (Wildman–Crippen LogP) is 3.73. The van der Waals surface area contributed by atoms with Crippen LogP contribution < -0.4 is 5.73 Å². The normalized spacial score (nSPS) is 11.4. The summed E-state index contributed by atoms with van der Waals surface area (Å²) < 4.78 is 26.1. The molecule has 0 amide bonds. The van der Waals surface area contributed by atoms with Crippen LogP contribution in [0.15, 0.2) is 18.2 Å². The quantitative estimate of drug-likeness (QED) is 0.767. The van der Waals surface area contributed by atoms with Gasteiger partial charge in [0.15, 0.2) is 0 Å². The Hall–Kier alpha value is -1.16. The van der Waals surface area contributed by atoms with Crippen molar-refractivity contribution in [2.45, 2.75) is 13.3 Å². The second-order valence-corrected chi connectivity index (χ2v) is 4.26. The summed E-state index contributed by atoms with van der Waals surface area (Å²) in [5, 5.41) is 0.800. The highest BCUT2D eigenvalue weighted by Gasteiger charge is 2.17. The number of fused-ring (bicyclic) bond motifs is 1. The van der Waals surface area contributed by atoms with Crippen molar-refractivity contribution in [2.75, 3.05) is 5.73 Å². The maximum Gasteiger partial charge on any atom is 0.267 e. The van der Waals surface area contributed by atoms with Gasteiger partial charge >= 0.3 is 0 Å². The van der Waals surface area contributed by atoms with E-state index in [2.05, 4.69) is 0 Å². The van der Waals surface area contributed by atoms with E-state index in [1.807, 2.05) is 19.1 Å². The first kappa shape index (κ1) is 9.40. The number of anilines is 1. The average Bonchev–Trinajstić information content (AvgIpc) is 2.39. The summed E-state index contributed by atoms with van der Waals surface area (Å²) >= 11 is 1.22. The third-order valence-corrected chi connectivity index (χ3v) is 3.13. The molecule has 0 unspecified atom stereocenters. The minimum Gasteiger partial charge on any atom is -0.390 e.